The number of rotatable bonds is 6. The highest BCUT2D eigenvalue weighted by molar-refractivity contribution is 5.71. The molecule has 0 saturated carbocycles. The molecule has 0 aliphatic carbocycles. The molecular weight excluding hydrogens is 158 g/mol. The lowest BCUT2D eigenvalue weighted by Gasteiger charge is -1.95. The molecule has 4 heteroatoms. The number of carboxylic acid groups (broad SMARTS) is 1. The molecule has 1 amide bonds. The Morgan fingerprint density at radius 3 is 2.50 bits per heavy atom. The maximum atomic E-state index is 10.9. The molecule has 0 spiro atoms. The molecule has 70 valence electrons. The number of hydrogen-bond acceptors (Lipinski definition) is 2. The van der Waals surface area contributed by atoms with Crippen LogP contribution in [0.2, 0.25) is 0 Å². The van der Waals surface area contributed by atoms with Crippen molar-refractivity contribution in [2.45, 2.75) is 32.6 Å². The van der Waals surface area contributed by atoms with Gasteiger partial charge in [0.05, 0.1) is 6.42 Å². The van der Waals surface area contributed by atoms with Crippen molar-refractivity contribution in [3.63, 3.8) is 0 Å². The molecule has 0 bridgehead atoms. The lowest BCUT2D eigenvalue weighted by atomic mass is 10.2. The van der Waals surface area contributed by atoms with Gasteiger partial charge in [-0.15, -0.1) is 0 Å². The number of nitrogens with two attached hydrogens (primary N) is 1. The fraction of sp³-hybridized carbons (Fsp3) is 0.750. The van der Waals surface area contributed by atoms with Gasteiger partial charge in [-0.05, 0) is 6.42 Å². The fourth-order valence-electron chi connectivity index (χ4n) is 0.852. The second-order valence-corrected chi connectivity index (χ2v) is 2.73. The van der Waals surface area contributed by atoms with Crippen molar-refractivity contribution in [2.75, 3.05) is 6.54 Å². The molecule has 12 heavy (non-hydrogen) atoms. The first-order valence-corrected chi connectivity index (χ1v) is 4.24. The van der Waals surface area contributed by atoms with E-state index in [9.17, 15) is 9.59 Å². The van der Waals surface area contributed by atoms with Gasteiger partial charge in [-0.1, -0.05) is 19.8 Å². The third-order valence-electron chi connectivity index (χ3n) is 1.53. The van der Waals surface area contributed by atoms with Gasteiger partial charge in [-0.25, -0.2) is 9.59 Å². The van der Waals surface area contributed by atoms with Crippen molar-refractivity contribution >= 4 is 11.9 Å². The van der Waals surface area contributed by atoms with Gasteiger partial charge in [0.2, 0.25) is 0 Å². The Kier molecular flexibility index (Phi) is 6.28. The molecule has 3 N–H and O–H groups in total. The largest absolute Gasteiger partial charge is 0.477 e. The molecule has 0 saturated heterocycles. The normalized spacial score (nSPS) is 9.75. The molecule has 0 unspecified atom stereocenters. The number of amides is 1. The van der Waals surface area contributed by atoms with Crippen molar-refractivity contribution in [3.05, 3.63) is 0 Å². The van der Waals surface area contributed by atoms with E-state index in [1.165, 1.54) is 5.32 Å². The van der Waals surface area contributed by atoms with Crippen LogP contribution in [-0.4, -0.2) is 23.5 Å². The Balaban J connectivity index is 3.28. The summed E-state index contributed by atoms with van der Waals surface area (Å²) in [6.07, 6.45) is 3.46. The Morgan fingerprint density at radius 2 is 2.00 bits per heavy atom. The SMILES string of the molecule is CCCCCC(=O)[NH2+]CC(=O)O. The predicted octanol–water partition coefficient (Wildman–Crippen LogP) is -0.259. The van der Waals surface area contributed by atoms with Gasteiger partial charge in [0.15, 0.2) is 6.54 Å². The maximum absolute atomic E-state index is 10.9. The summed E-state index contributed by atoms with van der Waals surface area (Å²) in [5.41, 5.74) is 0. The summed E-state index contributed by atoms with van der Waals surface area (Å²) in [7, 11) is 0. The summed E-state index contributed by atoms with van der Waals surface area (Å²) >= 11 is 0. The third-order valence-corrected chi connectivity index (χ3v) is 1.53. The summed E-state index contributed by atoms with van der Waals surface area (Å²) in [6.45, 7) is 1.91. The van der Waals surface area contributed by atoms with Gasteiger partial charge in [0.25, 0.3) is 0 Å². The van der Waals surface area contributed by atoms with E-state index >= 15 is 0 Å². The van der Waals surface area contributed by atoms with Gasteiger partial charge in [-0.2, -0.15) is 0 Å². The van der Waals surface area contributed by atoms with Crippen molar-refractivity contribution < 1.29 is 20.0 Å². The maximum Gasteiger partial charge on any atom is 0.359 e. The first-order valence-electron chi connectivity index (χ1n) is 4.24. The minimum absolute atomic E-state index is 0.0501. The number of primary amides is 1. The lowest BCUT2D eigenvalue weighted by Crippen LogP contribution is -2.89. The van der Waals surface area contributed by atoms with Crippen LogP contribution in [0.1, 0.15) is 32.6 Å². The van der Waals surface area contributed by atoms with Crippen LogP contribution in [0, 0.1) is 0 Å². The average Bonchev–Trinajstić information content (AvgIpc) is 2.01. The number of aliphatic carboxylic acids is 1. The van der Waals surface area contributed by atoms with Gasteiger partial charge in [0, 0.05) is 0 Å². The van der Waals surface area contributed by atoms with Crippen LogP contribution in [0.5, 0.6) is 0 Å². The van der Waals surface area contributed by atoms with E-state index in [1.807, 2.05) is 0 Å². The first-order chi connectivity index (χ1) is 5.66. The smallest absolute Gasteiger partial charge is 0.359 e. The highest BCUT2D eigenvalue weighted by Crippen LogP contribution is 1.96. The van der Waals surface area contributed by atoms with E-state index in [-0.39, 0.29) is 12.5 Å². The number of unbranched alkanes of at least 4 members (excludes halogenated alkanes) is 2. The zero-order valence-corrected chi connectivity index (χ0v) is 7.38. The molecular formula is C8H16NO3+. The Labute approximate surface area is 72.0 Å². The molecule has 4 nitrogen and oxygen atoms in total. The van der Waals surface area contributed by atoms with E-state index < -0.39 is 5.97 Å². The lowest BCUT2D eigenvalue weighted by molar-refractivity contribution is -0.559. The van der Waals surface area contributed by atoms with E-state index in [0.717, 1.165) is 19.3 Å². The van der Waals surface area contributed by atoms with Crippen LogP contribution < -0.4 is 5.32 Å². The molecule has 0 aromatic heterocycles. The zero-order chi connectivity index (χ0) is 9.40. The second kappa shape index (κ2) is 6.79. The van der Waals surface area contributed by atoms with E-state index in [4.69, 9.17) is 5.11 Å². The number of quaternary nitrogens is 1. The number of hydrogen-bond donors (Lipinski definition) is 2. The molecule has 0 radical (unpaired) electrons. The number of carboxylic acids is 1. The monoisotopic (exact) mass is 174 g/mol. The number of carbonyl (C=O) groups excluding carboxylic acids is 1. The van der Waals surface area contributed by atoms with Crippen LogP contribution in [-0.2, 0) is 9.59 Å². The molecule has 0 fully saturated rings. The Morgan fingerprint density at radius 1 is 1.33 bits per heavy atom. The Bertz CT molecular complexity index is 156. The van der Waals surface area contributed by atoms with Crippen molar-refractivity contribution in [3.8, 4) is 0 Å². The summed E-state index contributed by atoms with van der Waals surface area (Å²) in [5, 5.41) is 9.50. The quantitative estimate of drug-likeness (QED) is 0.545. The minimum atomic E-state index is -0.946. The molecule has 0 heterocycles. The van der Waals surface area contributed by atoms with Crippen LogP contribution >= 0.6 is 0 Å². The molecule has 0 aromatic rings. The molecule has 0 rings (SSSR count). The van der Waals surface area contributed by atoms with Crippen LogP contribution in [0.4, 0.5) is 0 Å². The van der Waals surface area contributed by atoms with Gasteiger partial charge >= 0.3 is 11.9 Å². The Hall–Kier alpha value is -0.900. The van der Waals surface area contributed by atoms with E-state index in [1.54, 1.807) is 0 Å². The van der Waals surface area contributed by atoms with E-state index in [2.05, 4.69) is 6.92 Å². The summed E-state index contributed by atoms with van der Waals surface area (Å²) < 4.78 is 0. The van der Waals surface area contributed by atoms with Gasteiger partial charge in [-0.3, -0.25) is 5.32 Å². The van der Waals surface area contributed by atoms with Crippen molar-refractivity contribution in [1.82, 2.24) is 0 Å². The van der Waals surface area contributed by atoms with Gasteiger partial charge < -0.3 is 5.11 Å². The topological polar surface area (TPSA) is 71.0 Å². The molecule has 0 aromatic carbocycles. The minimum Gasteiger partial charge on any atom is -0.477 e. The first kappa shape index (κ1) is 11.1. The number of carbonyl (C=O) groups is 2. The highest BCUT2D eigenvalue weighted by atomic mass is 16.4. The summed E-state index contributed by atoms with van der Waals surface area (Å²) in [5.74, 6) is -0.996. The summed E-state index contributed by atoms with van der Waals surface area (Å²) in [6, 6.07) is 0. The van der Waals surface area contributed by atoms with Crippen LogP contribution in [0.25, 0.3) is 0 Å². The third kappa shape index (κ3) is 7.21. The van der Waals surface area contributed by atoms with E-state index in [0.29, 0.717) is 6.42 Å². The molecule has 0 atom stereocenters. The predicted molar refractivity (Wildman–Crippen MR) is 43.6 cm³/mol. The highest BCUT2D eigenvalue weighted by Gasteiger charge is 2.07. The average molecular weight is 174 g/mol. The standard InChI is InChI=1S/C8H15NO3/c1-2-3-4-5-7(10)9-6-8(11)12/h2-6H2,1H3,(H,9,10)(H,11,12)/p+1. The van der Waals surface area contributed by atoms with Crippen molar-refractivity contribution in [1.29, 1.82) is 0 Å². The summed E-state index contributed by atoms with van der Waals surface area (Å²) in [4.78, 5) is 21.0. The van der Waals surface area contributed by atoms with Crippen LogP contribution in [0.15, 0.2) is 0 Å². The molecule has 0 aliphatic rings. The van der Waals surface area contributed by atoms with Gasteiger partial charge in [0.1, 0.15) is 0 Å². The van der Waals surface area contributed by atoms with Crippen LogP contribution in [0.3, 0.4) is 0 Å². The zero-order valence-electron chi connectivity index (χ0n) is 7.38. The fourth-order valence-corrected chi connectivity index (χ4v) is 0.852. The van der Waals surface area contributed by atoms with Crippen molar-refractivity contribution in [2.24, 2.45) is 0 Å². The second-order valence-electron chi connectivity index (χ2n) is 2.73. The molecule has 0 aliphatic heterocycles.